The molecule has 0 saturated carbocycles. The van der Waals surface area contributed by atoms with Gasteiger partial charge in [-0.05, 0) is 30.3 Å². The zero-order chi connectivity index (χ0) is 15.6. The first-order chi connectivity index (χ1) is 9.78. The third kappa shape index (κ3) is 3.90. The third-order valence-corrected chi connectivity index (χ3v) is 4.38. The molecule has 8 heteroatoms. The van der Waals surface area contributed by atoms with E-state index in [0.717, 1.165) is 12.1 Å². The minimum atomic E-state index is -3.89. The lowest BCUT2D eigenvalue weighted by Crippen LogP contribution is -2.15. The number of benzene rings is 2. The van der Waals surface area contributed by atoms with Crippen LogP contribution in [0.3, 0.4) is 0 Å². The number of thiocarbonyl (C=S) groups is 1. The highest BCUT2D eigenvalue weighted by Gasteiger charge is 2.16. The number of nitrogens with two attached hydrogens (primary N) is 1. The van der Waals surface area contributed by atoms with Gasteiger partial charge in [0.2, 0.25) is 0 Å². The molecular formula is C13H10ClFN2O2S2. The molecule has 0 fully saturated rings. The van der Waals surface area contributed by atoms with Crippen LogP contribution in [0.2, 0.25) is 5.02 Å². The second-order valence-electron chi connectivity index (χ2n) is 4.16. The summed E-state index contributed by atoms with van der Waals surface area (Å²) in [5.41, 5.74) is 5.92. The fourth-order valence-corrected chi connectivity index (χ4v) is 3.08. The molecule has 21 heavy (non-hydrogen) atoms. The molecule has 0 atom stereocenters. The Bertz CT molecular complexity index is 789. The van der Waals surface area contributed by atoms with E-state index in [1.807, 2.05) is 0 Å². The van der Waals surface area contributed by atoms with Crippen LogP contribution in [-0.4, -0.2) is 13.4 Å². The molecule has 3 N–H and O–H groups in total. The molecule has 2 aromatic rings. The number of halogens is 2. The van der Waals surface area contributed by atoms with E-state index in [-0.39, 0.29) is 20.6 Å². The van der Waals surface area contributed by atoms with Gasteiger partial charge in [0.05, 0.1) is 10.6 Å². The first-order valence-corrected chi connectivity index (χ1v) is 7.94. The van der Waals surface area contributed by atoms with Crippen molar-refractivity contribution in [2.24, 2.45) is 5.73 Å². The van der Waals surface area contributed by atoms with Crippen LogP contribution in [0.4, 0.5) is 10.1 Å². The standard InChI is InChI=1S/C13H10ClFN2O2S2/c14-9-5-10(15)7-11(6-9)17-21(18,19)12-3-1-2-8(4-12)13(16)20/h1-7,17H,(H2,16,20). The highest BCUT2D eigenvalue weighted by atomic mass is 35.5. The molecule has 0 heterocycles. The molecule has 0 radical (unpaired) electrons. The Hall–Kier alpha value is -1.70. The maximum atomic E-state index is 13.2. The van der Waals surface area contributed by atoms with Gasteiger partial charge in [-0.3, -0.25) is 4.72 Å². The molecule has 2 aromatic carbocycles. The number of nitrogens with one attached hydrogen (secondary N) is 1. The Kier molecular flexibility index (Phi) is 4.46. The van der Waals surface area contributed by atoms with Gasteiger partial charge in [-0.2, -0.15) is 0 Å². The van der Waals surface area contributed by atoms with Crippen LogP contribution < -0.4 is 10.5 Å². The van der Waals surface area contributed by atoms with Crippen LogP contribution in [0.5, 0.6) is 0 Å². The van der Waals surface area contributed by atoms with Crippen LogP contribution in [-0.2, 0) is 10.0 Å². The normalized spacial score (nSPS) is 11.1. The second-order valence-corrected chi connectivity index (χ2v) is 6.71. The van der Waals surface area contributed by atoms with Crippen molar-refractivity contribution in [2.75, 3.05) is 4.72 Å². The minimum absolute atomic E-state index is 0.0285. The second kappa shape index (κ2) is 5.97. The lowest BCUT2D eigenvalue weighted by Gasteiger charge is -2.09. The van der Waals surface area contributed by atoms with E-state index < -0.39 is 15.8 Å². The maximum absolute atomic E-state index is 13.2. The van der Waals surface area contributed by atoms with Crippen LogP contribution in [0, 0.1) is 5.82 Å². The summed E-state index contributed by atoms with van der Waals surface area (Å²) < 4.78 is 39.9. The van der Waals surface area contributed by atoms with E-state index in [4.69, 9.17) is 29.6 Å². The summed E-state index contributed by atoms with van der Waals surface area (Å²) >= 11 is 10.5. The Morgan fingerprint density at radius 3 is 2.57 bits per heavy atom. The molecule has 4 nitrogen and oxygen atoms in total. The van der Waals surface area contributed by atoms with Gasteiger partial charge >= 0.3 is 0 Å². The average Bonchev–Trinajstić information content (AvgIpc) is 2.37. The highest BCUT2D eigenvalue weighted by Crippen LogP contribution is 2.21. The van der Waals surface area contributed by atoms with E-state index in [9.17, 15) is 12.8 Å². The number of sulfonamides is 1. The average molecular weight is 345 g/mol. The van der Waals surface area contributed by atoms with Crippen molar-refractivity contribution in [1.82, 2.24) is 0 Å². The molecule has 0 spiro atoms. The number of hydrogen-bond acceptors (Lipinski definition) is 3. The summed E-state index contributed by atoms with van der Waals surface area (Å²) in [4.78, 5) is 0.0500. The van der Waals surface area contributed by atoms with Crippen molar-refractivity contribution in [3.8, 4) is 0 Å². The molecule has 0 aliphatic heterocycles. The fraction of sp³-hybridized carbons (Fsp3) is 0. The Morgan fingerprint density at radius 2 is 1.95 bits per heavy atom. The van der Waals surface area contributed by atoms with Gasteiger partial charge in [0.25, 0.3) is 10.0 Å². The molecular weight excluding hydrogens is 335 g/mol. The summed E-state index contributed by atoms with van der Waals surface area (Å²) in [5.74, 6) is -0.642. The molecule has 0 amide bonds. The predicted molar refractivity (Wildman–Crippen MR) is 84.5 cm³/mol. The summed E-state index contributed by atoms with van der Waals surface area (Å²) in [7, 11) is -3.89. The predicted octanol–water partition coefficient (Wildman–Crippen LogP) is 2.91. The van der Waals surface area contributed by atoms with E-state index in [2.05, 4.69) is 4.72 Å². The van der Waals surface area contributed by atoms with Crippen molar-refractivity contribution in [3.63, 3.8) is 0 Å². The van der Waals surface area contributed by atoms with Gasteiger partial charge in [-0.25, -0.2) is 12.8 Å². The third-order valence-electron chi connectivity index (χ3n) is 2.54. The van der Waals surface area contributed by atoms with Crippen molar-refractivity contribution >= 4 is 44.5 Å². The van der Waals surface area contributed by atoms with Crippen LogP contribution in [0.25, 0.3) is 0 Å². The van der Waals surface area contributed by atoms with Gasteiger partial charge in [0.1, 0.15) is 10.8 Å². The molecule has 110 valence electrons. The van der Waals surface area contributed by atoms with Gasteiger partial charge in [0.15, 0.2) is 0 Å². The van der Waals surface area contributed by atoms with Gasteiger partial charge in [-0.1, -0.05) is 36.0 Å². The van der Waals surface area contributed by atoms with Crippen molar-refractivity contribution in [2.45, 2.75) is 4.90 Å². The summed E-state index contributed by atoms with van der Waals surface area (Å²) in [6, 6.07) is 9.24. The lowest BCUT2D eigenvalue weighted by molar-refractivity contribution is 0.601. The molecule has 0 unspecified atom stereocenters. The van der Waals surface area contributed by atoms with Gasteiger partial charge in [-0.15, -0.1) is 0 Å². The summed E-state index contributed by atoms with van der Waals surface area (Å²) in [5, 5.41) is 0.0876. The van der Waals surface area contributed by atoms with Crippen LogP contribution in [0.1, 0.15) is 5.56 Å². The van der Waals surface area contributed by atoms with Crippen molar-refractivity contribution in [1.29, 1.82) is 0 Å². The summed E-state index contributed by atoms with van der Waals surface area (Å²) in [6.07, 6.45) is 0. The Labute approximate surface area is 131 Å². The topological polar surface area (TPSA) is 72.2 Å². The van der Waals surface area contributed by atoms with Crippen molar-refractivity contribution in [3.05, 3.63) is 58.9 Å². The minimum Gasteiger partial charge on any atom is -0.389 e. The molecule has 0 aromatic heterocycles. The van der Waals surface area contributed by atoms with Gasteiger partial charge in [0, 0.05) is 10.6 Å². The molecule has 0 saturated heterocycles. The Morgan fingerprint density at radius 1 is 1.24 bits per heavy atom. The molecule has 2 rings (SSSR count). The smallest absolute Gasteiger partial charge is 0.261 e. The maximum Gasteiger partial charge on any atom is 0.261 e. The first kappa shape index (κ1) is 15.7. The highest BCUT2D eigenvalue weighted by molar-refractivity contribution is 7.92. The monoisotopic (exact) mass is 344 g/mol. The van der Waals surface area contributed by atoms with E-state index in [1.54, 1.807) is 6.07 Å². The van der Waals surface area contributed by atoms with Crippen molar-refractivity contribution < 1.29 is 12.8 Å². The fourth-order valence-electron chi connectivity index (χ4n) is 1.64. The summed E-state index contributed by atoms with van der Waals surface area (Å²) in [6.45, 7) is 0. The SMILES string of the molecule is NC(=S)c1cccc(S(=O)(=O)Nc2cc(F)cc(Cl)c2)c1. The van der Waals surface area contributed by atoms with Crippen LogP contribution in [0.15, 0.2) is 47.4 Å². The molecule has 0 aliphatic rings. The number of hydrogen-bond donors (Lipinski definition) is 2. The number of anilines is 1. The Balaban J connectivity index is 2.38. The largest absolute Gasteiger partial charge is 0.389 e. The number of rotatable bonds is 4. The van der Waals surface area contributed by atoms with Gasteiger partial charge < -0.3 is 5.73 Å². The molecule has 0 aliphatic carbocycles. The first-order valence-electron chi connectivity index (χ1n) is 5.67. The molecule has 0 bridgehead atoms. The quantitative estimate of drug-likeness (QED) is 0.836. The van der Waals surface area contributed by atoms with Crippen LogP contribution >= 0.6 is 23.8 Å². The van der Waals surface area contributed by atoms with E-state index in [0.29, 0.717) is 5.56 Å². The zero-order valence-corrected chi connectivity index (χ0v) is 12.9. The van der Waals surface area contributed by atoms with E-state index >= 15 is 0 Å². The lowest BCUT2D eigenvalue weighted by atomic mass is 10.2. The van der Waals surface area contributed by atoms with E-state index in [1.165, 1.54) is 24.3 Å². The zero-order valence-electron chi connectivity index (χ0n) is 10.5.